The Morgan fingerprint density at radius 2 is 1.74 bits per heavy atom. The van der Waals surface area contributed by atoms with Gasteiger partial charge in [-0.15, -0.1) is 0 Å². The summed E-state index contributed by atoms with van der Waals surface area (Å²) in [5.41, 5.74) is -2.48. The quantitative estimate of drug-likeness (QED) is 0.467. The molecule has 12 heteroatoms. The minimum atomic E-state index is -3.32. The maximum atomic E-state index is 15.2. The zero-order valence-corrected chi connectivity index (χ0v) is 22.4. The van der Waals surface area contributed by atoms with E-state index in [0.717, 1.165) is 29.2 Å². The molecule has 0 aromatic heterocycles. The Morgan fingerprint density at radius 1 is 1.10 bits per heavy atom. The molecule has 3 heterocycles. The number of fused-ring (bicyclic) bond motifs is 6. The highest BCUT2D eigenvalue weighted by atomic mass is 19.3. The number of rotatable bonds is 5. The lowest BCUT2D eigenvalue weighted by Gasteiger charge is -2.54. The second kappa shape index (κ2) is 10.1. The van der Waals surface area contributed by atoms with Crippen LogP contribution in [0.5, 0.6) is 0 Å². The molecule has 42 heavy (non-hydrogen) atoms. The van der Waals surface area contributed by atoms with Crippen molar-refractivity contribution >= 4 is 17.7 Å². The van der Waals surface area contributed by atoms with Crippen LogP contribution < -0.4 is 10.6 Å². The SMILES string of the molecule is N#C[C@H](C[C@H]1CCCNC1=O)NC(=O)[C@@H]1[C@@H]2CC[C@@H](CC2(F)F)N1C(=O)C1(O)c2cc(F)ccc2-c2ccc(F)cc21. The summed E-state index contributed by atoms with van der Waals surface area (Å²) < 4.78 is 59.4. The molecule has 3 saturated heterocycles. The third kappa shape index (κ3) is 4.33. The van der Waals surface area contributed by atoms with Crippen LogP contribution in [0.4, 0.5) is 17.6 Å². The van der Waals surface area contributed by atoms with Gasteiger partial charge in [0.15, 0.2) is 5.60 Å². The maximum Gasteiger partial charge on any atom is 0.264 e. The van der Waals surface area contributed by atoms with Gasteiger partial charge in [0, 0.05) is 36.1 Å². The van der Waals surface area contributed by atoms with Crippen LogP contribution in [0, 0.1) is 34.8 Å². The molecule has 0 unspecified atom stereocenters. The number of benzene rings is 2. The number of hydrogen-bond donors (Lipinski definition) is 3. The fourth-order valence-corrected chi connectivity index (χ4v) is 7.21. The number of nitriles is 1. The first-order valence-electron chi connectivity index (χ1n) is 14.0. The van der Waals surface area contributed by atoms with E-state index < -0.39 is 71.4 Å². The lowest BCUT2D eigenvalue weighted by atomic mass is 9.70. The van der Waals surface area contributed by atoms with Gasteiger partial charge in [0.05, 0.1) is 12.0 Å². The Balaban J connectivity index is 1.38. The van der Waals surface area contributed by atoms with E-state index >= 15 is 8.78 Å². The van der Waals surface area contributed by atoms with E-state index in [4.69, 9.17) is 0 Å². The second-order valence-corrected chi connectivity index (χ2v) is 11.6. The molecule has 1 saturated carbocycles. The minimum Gasteiger partial charge on any atom is -0.372 e. The Kier molecular flexibility index (Phi) is 6.76. The topological polar surface area (TPSA) is 123 Å². The van der Waals surface area contributed by atoms with Gasteiger partial charge >= 0.3 is 0 Å². The van der Waals surface area contributed by atoms with Gasteiger partial charge in [-0.1, -0.05) is 12.1 Å². The van der Waals surface area contributed by atoms with Crippen molar-refractivity contribution in [2.45, 2.75) is 68.2 Å². The molecule has 3 N–H and O–H groups in total. The molecule has 0 radical (unpaired) electrons. The summed E-state index contributed by atoms with van der Waals surface area (Å²) in [6.07, 6.45) is 0.432. The second-order valence-electron chi connectivity index (χ2n) is 11.6. The summed E-state index contributed by atoms with van der Waals surface area (Å²) in [5, 5.41) is 27.0. The molecule has 2 bridgehead atoms. The number of piperidine rings is 3. The molecule has 2 aliphatic carbocycles. The van der Waals surface area contributed by atoms with E-state index in [1.165, 1.54) is 12.1 Å². The van der Waals surface area contributed by atoms with Gasteiger partial charge in [0.2, 0.25) is 11.8 Å². The Morgan fingerprint density at radius 3 is 2.31 bits per heavy atom. The minimum absolute atomic E-state index is 0.0392. The van der Waals surface area contributed by atoms with Crippen LogP contribution in [0.15, 0.2) is 36.4 Å². The highest BCUT2D eigenvalue weighted by Crippen LogP contribution is 2.54. The van der Waals surface area contributed by atoms with Gasteiger partial charge in [0.25, 0.3) is 11.8 Å². The highest BCUT2D eigenvalue weighted by Gasteiger charge is 2.63. The zero-order chi connectivity index (χ0) is 30.0. The number of carbonyl (C=O) groups is 3. The Labute approximate surface area is 238 Å². The fourth-order valence-electron chi connectivity index (χ4n) is 7.21. The summed E-state index contributed by atoms with van der Waals surface area (Å²) in [7, 11) is 0. The average Bonchev–Trinajstić information content (AvgIpc) is 3.20. The third-order valence-corrected chi connectivity index (χ3v) is 9.17. The first-order valence-corrected chi connectivity index (χ1v) is 14.0. The molecule has 3 amide bonds. The van der Waals surface area contributed by atoms with Gasteiger partial charge in [-0.2, -0.15) is 5.26 Å². The molecule has 220 valence electrons. The highest BCUT2D eigenvalue weighted by molar-refractivity contribution is 6.01. The number of aliphatic hydroxyl groups is 1. The molecule has 2 aromatic rings. The van der Waals surface area contributed by atoms with Crippen LogP contribution >= 0.6 is 0 Å². The van der Waals surface area contributed by atoms with E-state index in [0.29, 0.717) is 19.4 Å². The van der Waals surface area contributed by atoms with Crippen LogP contribution in [0.2, 0.25) is 0 Å². The van der Waals surface area contributed by atoms with Crippen molar-refractivity contribution in [2.24, 2.45) is 11.8 Å². The summed E-state index contributed by atoms with van der Waals surface area (Å²) in [4.78, 5) is 41.3. The van der Waals surface area contributed by atoms with Crippen molar-refractivity contribution in [2.75, 3.05) is 6.54 Å². The summed E-state index contributed by atoms with van der Waals surface area (Å²) in [6, 6.07) is 4.60. The molecule has 4 fully saturated rings. The number of hydrogen-bond acceptors (Lipinski definition) is 5. The maximum absolute atomic E-state index is 15.2. The van der Waals surface area contributed by atoms with Crippen molar-refractivity contribution in [3.05, 3.63) is 59.2 Å². The number of nitrogens with zero attached hydrogens (tertiary/aromatic N) is 2. The van der Waals surface area contributed by atoms with Crippen molar-refractivity contribution in [3.8, 4) is 17.2 Å². The number of alkyl halides is 2. The van der Waals surface area contributed by atoms with Crippen LogP contribution in [0.1, 0.15) is 49.7 Å². The number of nitrogens with one attached hydrogen (secondary N) is 2. The van der Waals surface area contributed by atoms with Gasteiger partial charge in [-0.05, 0) is 67.5 Å². The van der Waals surface area contributed by atoms with Gasteiger partial charge < -0.3 is 20.6 Å². The monoisotopic (exact) mass is 584 g/mol. The normalized spacial score (nSPS) is 27.3. The lowest BCUT2D eigenvalue weighted by molar-refractivity contribution is -0.201. The van der Waals surface area contributed by atoms with E-state index in [1.807, 2.05) is 6.07 Å². The Bertz CT molecular complexity index is 1470. The molecular formula is C30H28F4N4O4. The third-order valence-electron chi connectivity index (χ3n) is 9.17. The summed E-state index contributed by atoms with van der Waals surface area (Å²) in [5.74, 6) is -9.48. The van der Waals surface area contributed by atoms with Crippen molar-refractivity contribution in [1.29, 1.82) is 5.26 Å². The molecule has 3 aliphatic heterocycles. The van der Waals surface area contributed by atoms with Crippen LogP contribution in [-0.4, -0.2) is 58.3 Å². The van der Waals surface area contributed by atoms with E-state index in [1.54, 1.807) is 0 Å². The average molecular weight is 585 g/mol. The van der Waals surface area contributed by atoms with Crippen LogP contribution in [-0.2, 0) is 20.0 Å². The standard InChI is InChI=1S/C30H28F4N4O4/c31-16-3-6-20-21-7-4-17(32)12-24(21)30(42,23(20)11-16)28(41)38-19-5-8-22(29(33,34)13-19)25(38)27(40)37-18(14-35)10-15-2-1-9-36-26(15)39/h3-4,6-7,11-12,15,18-19,22,25,42H,1-2,5,8-10,13H2,(H,36,39)(H,37,40)/t15-,18+,19+,22+,25+/m1/s1. The van der Waals surface area contributed by atoms with Gasteiger partial charge in [-0.3, -0.25) is 14.4 Å². The largest absolute Gasteiger partial charge is 0.372 e. The van der Waals surface area contributed by atoms with Gasteiger partial charge in [-0.25, -0.2) is 17.6 Å². The first kappa shape index (κ1) is 28.2. The molecule has 8 nitrogen and oxygen atoms in total. The first-order chi connectivity index (χ1) is 20.0. The van der Waals surface area contributed by atoms with E-state index in [9.17, 15) is 33.5 Å². The molecule has 7 rings (SSSR count). The summed E-state index contributed by atoms with van der Waals surface area (Å²) in [6.45, 7) is 0.499. The molecule has 5 aliphatic rings. The van der Waals surface area contributed by atoms with E-state index in [-0.39, 0.29) is 47.4 Å². The lowest BCUT2D eigenvalue weighted by Crippen LogP contribution is -2.70. The molecule has 2 aromatic carbocycles. The van der Waals surface area contributed by atoms with Gasteiger partial charge in [0.1, 0.15) is 23.7 Å². The van der Waals surface area contributed by atoms with Crippen LogP contribution in [0.3, 0.4) is 0 Å². The number of carbonyl (C=O) groups excluding carboxylic acids is 3. The predicted molar refractivity (Wildman–Crippen MR) is 139 cm³/mol. The number of halogens is 4. The van der Waals surface area contributed by atoms with E-state index in [2.05, 4.69) is 10.6 Å². The van der Waals surface area contributed by atoms with Crippen molar-refractivity contribution < 1.29 is 37.1 Å². The molecular weight excluding hydrogens is 556 g/mol. The smallest absolute Gasteiger partial charge is 0.264 e. The van der Waals surface area contributed by atoms with Crippen LogP contribution in [0.25, 0.3) is 11.1 Å². The number of amides is 3. The molecule has 0 spiro atoms. The molecule has 5 atom stereocenters. The van der Waals surface area contributed by atoms with Crippen molar-refractivity contribution in [1.82, 2.24) is 15.5 Å². The fraction of sp³-hybridized carbons (Fsp3) is 0.467. The summed E-state index contributed by atoms with van der Waals surface area (Å²) >= 11 is 0. The zero-order valence-electron chi connectivity index (χ0n) is 22.4. The van der Waals surface area contributed by atoms with Crippen molar-refractivity contribution in [3.63, 3.8) is 0 Å². The predicted octanol–water partition coefficient (Wildman–Crippen LogP) is 3.12. The Hall–Kier alpha value is -3.98.